The molecule has 0 spiro atoms. The van der Waals surface area contributed by atoms with Crippen LogP contribution in [-0.4, -0.2) is 31.6 Å². The summed E-state index contributed by atoms with van der Waals surface area (Å²) >= 11 is 0. The second-order valence-electron chi connectivity index (χ2n) is 4.96. The summed E-state index contributed by atoms with van der Waals surface area (Å²) in [5.74, 6) is -1.11. The SMILES string of the molecule is CN(C)C(=O)NCC1(c2ccc(F)cc2F)CC1. The highest BCUT2D eigenvalue weighted by Crippen LogP contribution is 2.48. The number of amides is 2. The van der Waals surface area contributed by atoms with Crippen LogP contribution >= 0.6 is 0 Å². The van der Waals surface area contributed by atoms with Crippen LogP contribution in [0.4, 0.5) is 13.6 Å². The van der Waals surface area contributed by atoms with E-state index in [4.69, 9.17) is 0 Å². The molecular formula is C13H16F2N2O. The van der Waals surface area contributed by atoms with Crippen LogP contribution < -0.4 is 5.32 Å². The molecule has 5 heteroatoms. The molecule has 1 saturated carbocycles. The molecule has 1 aliphatic rings. The van der Waals surface area contributed by atoms with Gasteiger partial charge in [0.05, 0.1) is 0 Å². The Kier molecular flexibility index (Phi) is 3.24. The van der Waals surface area contributed by atoms with Crippen molar-refractivity contribution < 1.29 is 13.6 Å². The van der Waals surface area contributed by atoms with Gasteiger partial charge >= 0.3 is 6.03 Å². The van der Waals surface area contributed by atoms with Crippen LogP contribution in [0.2, 0.25) is 0 Å². The van der Waals surface area contributed by atoms with Crippen LogP contribution in [0.5, 0.6) is 0 Å². The average Bonchev–Trinajstić information content (AvgIpc) is 3.06. The number of hydrogen-bond donors (Lipinski definition) is 1. The summed E-state index contributed by atoms with van der Waals surface area (Å²) in [7, 11) is 3.29. The van der Waals surface area contributed by atoms with Gasteiger partial charge in [-0.15, -0.1) is 0 Å². The molecule has 2 amide bonds. The molecule has 1 aliphatic carbocycles. The highest BCUT2D eigenvalue weighted by atomic mass is 19.1. The van der Waals surface area contributed by atoms with E-state index >= 15 is 0 Å². The average molecular weight is 254 g/mol. The van der Waals surface area contributed by atoms with E-state index < -0.39 is 11.6 Å². The molecule has 3 nitrogen and oxygen atoms in total. The molecule has 1 fully saturated rings. The third kappa shape index (κ3) is 2.44. The predicted octanol–water partition coefficient (Wildman–Crippen LogP) is 2.27. The molecule has 0 aromatic heterocycles. The van der Waals surface area contributed by atoms with E-state index in [1.165, 1.54) is 17.0 Å². The van der Waals surface area contributed by atoms with Gasteiger partial charge in [-0.05, 0) is 24.5 Å². The van der Waals surface area contributed by atoms with E-state index in [0.717, 1.165) is 18.9 Å². The Balaban J connectivity index is 2.10. The summed E-state index contributed by atoms with van der Waals surface area (Å²) < 4.78 is 26.6. The van der Waals surface area contributed by atoms with Gasteiger partial charge < -0.3 is 10.2 Å². The quantitative estimate of drug-likeness (QED) is 0.881. The maximum atomic E-state index is 13.7. The first-order valence-electron chi connectivity index (χ1n) is 5.85. The van der Waals surface area contributed by atoms with Gasteiger partial charge in [0, 0.05) is 32.1 Å². The van der Waals surface area contributed by atoms with Crippen LogP contribution in [0.3, 0.4) is 0 Å². The zero-order valence-corrected chi connectivity index (χ0v) is 10.5. The second-order valence-corrected chi connectivity index (χ2v) is 4.96. The minimum absolute atomic E-state index is 0.205. The molecule has 18 heavy (non-hydrogen) atoms. The molecule has 0 bridgehead atoms. The normalized spacial score (nSPS) is 16.2. The second kappa shape index (κ2) is 4.55. The van der Waals surface area contributed by atoms with Crippen molar-refractivity contribution >= 4 is 6.03 Å². The lowest BCUT2D eigenvalue weighted by Gasteiger charge is -2.19. The Morgan fingerprint density at radius 3 is 2.56 bits per heavy atom. The number of urea groups is 1. The summed E-state index contributed by atoms with van der Waals surface area (Å²) in [4.78, 5) is 12.9. The van der Waals surface area contributed by atoms with Crippen molar-refractivity contribution in [3.05, 3.63) is 35.4 Å². The summed E-state index contributed by atoms with van der Waals surface area (Å²) in [6, 6.07) is 3.42. The lowest BCUT2D eigenvalue weighted by molar-refractivity contribution is 0.216. The van der Waals surface area contributed by atoms with E-state index in [1.54, 1.807) is 14.1 Å². The van der Waals surface area contributed by atoms with Gasteiger partial charge in [0.25, 0.3) is 0 Å². The molecule has 0 unspecified atom stereocenters. The number of nitrogens with zero attached hydrogens (tertiary/aromatic N) is 1. The maximum Gasteiger partial charge on any atom is 0.316 e. The van der Waals surface area contributed by atoms with E-state index in [-0.39, 0.29) is 11.4 Å². The van der Waals surface area contributed by atoms with Gasteiger partial charge in [0.2, 0.25) is 0 Å². The van der Waals surface area contributed by atoms with Crippen LogP contribution in [0, 0.1) is 11.6 Å². The fraction of sp³-hybridized carbons (Fsp3) is 0.462. The number of halogens is 2. The van der Waals surface area contributed by atoms with Crippen LogP contribution in [-0.2, 0) is 5.41 Å². The Morgan fingerprint density at radius 2 is 2.06 bits per heavy atom. The smallest absolute Gasteiger partial charge is 0.316 e. The molecule has 0 saturated heterocycles. The van der Waals surface area contributed by atoms with Gasteiger partial charge in [-0.3, -0.25) is 0 Å². The molecule has 1 aromatic carbocycles. The Bertz CT molecular complexity index is 470. The Hall–Kier alpha value is -1.65. The van der Waals surface area contributed by atoms with Crippen molar-refractivity contribution in [3.8, 4) is 0 Å². The summed E-state index contributed by atoms with van der Waals surface area (Å²) in [6.45, 7) is 0.382. The van der Waals surface area contributed by atoms with Crippen molar-refractivity contribution in [1.82, 2.24) is 10.2 Å². The topological polar surface area (TPSA) is 32.3 Å². The number of hydrogen-bond acceptors (Lipinski definition) is 1. The highest BCUT2D eigenvalue weighted by molar-refractivity contribution is 5.73. The molecular weight excluding hydrogens is 238 g/mol. The van der Waals surface area contributed by atoms with Crippen molar-refractivity contribution in [2.45, 2.75) is 18.3 Å². The minimum Gasteiger partial charge on any atom is -0.337 e. The minimum atomic E-state index is -0.579. The van der Waals surface area contributed by atoms with Crippen molar-refractivity contribution in [2.75, 3.05) is 20.6 Å². The number of carbonyl (C=O) groups is 1. The zero-order chi connectivity index (χ0) is 13.3. The van der Waals surface area contributed by atoms with Crippen molar-refractivity contribution in [3.63, 3.8) is 0 Å². The summed E-state index contributed by atoms with van der Waals surface area (Å²) in [6.07, 6.45) is 1.62. The lowest BCUT2D eigenvalue weighted by atomic mass is 9.95. The molecule has 1 N–H and O–H groups in total. The third-order valence-corrected chi connectivity index (χ3v) is 3.34. The Morgan fingerprint density at radius 1 is 1.39 bits per heavy atom. The predicted molar refractivity (Wildman–Crippen MR) is 64.4 cm³/mol. The zero-order valence-electron chi connectivity index (χ0n) is 10.5. The monoisotopic (exact) mass is 254 g/mol. The summed E-state index contributed by atoms with van der Waals surface area (Å²) in [5.41, 5.74) is 0.131. The van der Waals surface area contributed by atoms with Gasteiger partial charge in [-0.2, -0.15) is 0 Å². The van der Waals surface area contributed by atoms with Crippen molar-refractivity contribution in [2.24, 2.45) is 0 Å². The molecule has 2 rings (SSSR count). The first-order chi connectivity index (χ1) is 8.44. The number of rotatable bonds is 3. The fourth-order valence-corrected chi connectivity index (χ4v) is 2.01. The lowest BCUT2D eigenvalue weighted by Crippen LogP contribution is -2.39. The number of benzene rings is 1. The molecule has 0 heterocycles. The van der Waals surface area contributed by atoms with Gasteiger partial charge in [-0.1, -0.05) is 6.07 Å². The van der Waals surface area contributed by atoms with Crippen molar-refractivity contribution in [1.29, 1.82) is 0 Å². The standard InChI is InChI=1S/C13H16F2N2O/c1-17(2)12(18)16-8-13(5-6-13)10-4-3-9(14)7-11(10)15/h3-4,7H,5-6,8H2,1-2H3,(H,16,18). The summed E-state index contributed by atoms with van der Waals surface area (Å²) in [5, 5.41) is 2.75. The van der Waals surface area contributed by atoms with Gasteiger partial charge in [0.1, 0.15) is 11.6 Å². The van der Waals surface area contributed by atoms with E-state index in [1.807, 2.05) is 0 Å². The third-order valence-electron chi connectivity index (χ3n) is 3.34. The Labute approximate surface area is 105 Å². The maximum absolute atomic E-state index is 13.7. The molecule has 0 aliphatic heterocycles. The number of nitrogens with one attached hydrogen (secondary N) is 1. The van der Waals surface area contributed by atoms with E-state index in [9.17, 15) is 13.6 Å². The van der Waals surface area contributed by atoms with Crippen LogP contribution in [0.25, 0.3) is 0 Å². The molecule has 0 atom stereocenters. The van der Waals surface area contributed by atoms with E-state index in [0.29, 0.717) is 12.1 Å². The van der Waals surface area contributed by atoms with Crippen LogP contribution in [0.1, 0.15) is 18.4 Å². The first-order valence-corrected chi connectivity index (χ1v) is 5.85. The largest absolute Gasteiger partial charge is 0.337 e. The first kappa shape index (κ1) is 12.8. The van der Waals surface area contributed by atoms with Crippen LogP contribution in [0.15, 0.2) is 18.2 Å². The van der Waals surface area contributed by atoms with Gasteiger partial charge in [0.15, 0.2) is 0 Å². The van der Waals surface area contributed by atoms with E-state index in [2.05, 4.69) is 5.32 Å². The highest BCUT2D eigenvalue weighted by Gasteiger charge is 2.46. The number of carbonyl (C=O) groups excluding carboxylic acids is 1. The fourth-order valence-electron chi connectivity index (χ4n) is 2.01. The molecule has 98 valence electrons. The molecule has 0 radical (unpaired) electrons. The van der Waals surface area contributed by atoms with Gasteiger partial charge in [-0.25, -0.2) is 13.6 Å². The molecule has 1 aromatic rings.